The Morgan fingerprint density at radius 3 is 2.58 bits per heavy atom. The molecule has 0 aliphatic heterocycles. The Labute approximate surface area is 160 Å². The normalized spacial score (nSPS) is 16.6. The fourth-order valence-electron chi connectivity index (χ4n) is 3.22. The van der Waals surface area contributed by atoms with Gasteiger partial charge in [-0.3, -0.25) is 0 Å². The molecule has 142 valence electrons. The molecule has 1 fully saturated rings. The van der Waals surface area contributed by atoms with Gasteiger partial charge in [-0.1, -0.05) is 52.2 Å². The molecular formula is C19H27N3O2S2. The van der Waals surface area contributed by atoms with Crippen LogP contribution in [0.25, 0.3) is 0 Å². The van der Waals surface area contributed by atoms with Gasteiger partial charge in [-0.05, 0) is 30.5 Å². The van der Waals surface area contributed by atoms with Gasteiger partial charge in [-0.15, -0.1) is 0 Å². The average molecular weight is 394 g/mol. The molecule has 0 spiro atoms. The van der Waals surface area contributed by atoms with Crippen LogP contribution in [-0.2, 0) is 21.0 Å². The van der Waals surface area contributed by atoms with Crippen molar-refractivity contribution in [1.82, 2.24) is 9.36 Å². The quantitative estimate of drug-likeness (QED) is 0.788. The summed E-state index contributed by atoms with van der Waals surface area (Å²) in [4.78, 5) is 4.53. The molecule has 0 saturated heterocycles. The van der Waals surface area contributed by atoms with Crippen molar-refractivity contribution in [1.29, 1.82) is 0 Å². The van der Waals surface area contributed by atoms with Crippen LogP contribution in [0.1, 0.15) is 64.3 Å². The minimum atomic E-state index is -3.09. The molecule has 1 heterocycles. The zero-order valence-electron chi connectivity index (χ0n) is 15.7. The maximum atomic E-state index is 12.7. The molecule has 3 rings (SSSR count). The van der Waals surface area contributed by atoms with Gasteiger partial charge in [0, 0.05) is 22.6 Å². The van der Waals surface area contributed by atoms with Gasteiger partial charge in [0.1, 0.15) is 5.82 Å². The first-order valence-corrected chi connectivity index (χ1v) is 11.6. The lowest BCUT2D eigenvalue weighted by Gasteiger charge is -2.21. The van der Waals surface area contributed by atoms with Crippen LogP contribution in [0.2, 0.25) is 0 Å². The van der Waals surface area contributed by atoms with Gasteiger partial charge in [0.2, 0.25) is 5.13 Å². The monoisotopic (exact) mass is 393 g/mol. The van der Waals surface area contributed by atoms with Gasteiger partial charge in [0.15, 0.2) is 9.84 Å². The summed E-state index contributed by atoms with van der Waals surface area (Å²) in [6.45, 7) is 6.24. The maximum Gasteiger partial charge on any atom is 0.207 e. The Morgan fingerprint density at radius 2 is 1.92 bits per heavy atom. The molecule has 5 nitrogen and oxygen atoms in total. The molecule has 1 aromatic heterocycles. The highest BCUT2D eigenvalue weighted by molar-refractivity contribution is 7.91. The fourth-order valence-corrected chi connectivity index (χ4v) is 5.93. The lowest BCUT2D eigenvalue weighted by molar-refractivity contribution is 0.483. The highest BCUT2D eigenvalue weighted by Crippen LogP contribution is 2.28. The van der Waals surface area contributed by atoms with Crippen LogP contribution in [0.15, 0.2) is 24.3 Å². The first kappa shape index (κ1) is 19.3. The van der Waals surface area contributed by atoms with Crippen LogP contribution < -0.4 is 5.32 Å². The summed E-state index contributed by atoms with van der Waals surface area (Å²) in [6, 6.07) is 7.60. The molecule has 2 aromatic rings. The van der Waals surface area contributed by atoms with Crippen LogP contribution >= 0.6 is 11.5 Å². The molecule has 0 atom stereocenters. The van der Waals surface area contributed by atoms with Crippen molar-refractivity contribution in [3.8, 4) is 0 Å². The van der Waals surface area contributed by atoms with Gasteiger partial charge in [-0.25, -0.2) is 13.4 Å². The molecular weight excluding hydrogens is 366 g/mol. The van der Waals surface area contributed by atoms with E-state index in [1.165, 1.54) is 11.5 Å². The maximum absolute atomic E-state index is 12.7. The summed E-state index contributed by atoms with van der Waals surface area (Å²) in [5.41, 5.74) is 1.57. The van der Waals surface area contributed by atoms with E-state index in [2.05, 4.69) is 35.4 Å². The molecule has 26 heavy (non-hydrogen) atoms. The molecule has 1 aromatic carbocycles. The second kappa shape index (κ2) is 7.64. The van der Waals surface area contributed by atoms with Gasteiger partial charge in [0.25, 0.3) is 0 Å². The third-order valence-corrected chi connectivity index (χ3v) is 7.56. The van der Waals surface area contributed by atoms with Gasteiger partial charge in [0.05, 0.1) is 11.0 Å². The number of benzene rings is 1. The summed E-state index contributed by atoms with van der Waals surface area (Å²) >= 11 is 1.32. The van der Waals surface area contributed by atoms with E-state index in [9.17, 15) is 8.42 Å². The Morgan fingerprint density at radius 1 is 1.19 bits per heavy atom. The molecule has 0 unspecified atom stereocenters. The van der Waals surface area contributed by atoms with Gasteiger partial charge >= 0.3 is 0 Å². The van der Waals surface area contributed by atoms with Crippen molar-refractivity contribution in [2.45, 2.75) is 69.3 Å². The van der Waals surface area contributed by atoms with Crippen LogP contribution in [0.4, 0.5) is 10.8 Å². The van der Waals surface area contributed by atoms with Crippen molar-refractivity contribution < 1.29 is 8.42 Å². The van der Waals surface area contributed by atoms with E-state index < -0.39 is 9.84 Å². The van der Waals surface area contributed by atoms with E-state index in [4.69, 9.17) is 0 Å². The number of hydrogen-bond acceptors (Lipinski definition) is 6. The predicted molar refractivity (Wildman–Crippen MR) is 108 cm³/mol. The van der Waals surface area contributed by atoms with Crippen LogP contribution in [0.3, 0.4) is 0 Å². The van der Waals surface area contributed by atoms with Crippen molar-refractivity contribution in [2.75, 3.05) is 5.32 Å². The summed E-state index contributed by atoms with van der Waals surface area (Å²) in [5, 5.41) is 3.80. The third-order valence-electron chi connectivity index (χ3n) is 4.70. The SMILES string of the molecule is CC(C)(C)c1nsc(Nc2cccc(CS(=O)(=O)C3CCCCC3)c2)n1. The van der Waals surface area contributed by atoms with Crippen molar-refractivity contribution in [3.63, 3.8) is 0 Å². The van der Waals surface area contributed by atoms with E-state index in [0.717, 1.165) is 54.3 Å². The number of sulfone groups is 1. The largest absolute Gasteiger partial charge is 0.330 e. The Balaban J connectivity index is 1.71. The predicted octanol–water partition coefficient (Wildman–Crippen LogP) is 4.83. The average Bonchev–Trinajstić information content (AvgIpc) is 3.04. The summed E-state index contributed by atoms with van der Waals surface area (Å²) < 4.78 is 29.8. The Bertz CT molecular complexity index is 848. The fraction of sp³-hybridized carbons (Fsp3) is 0.579. The molecule has 7 heteroatoms. The molecule has 0 radical (unpaired) electrons. The number of anilines is 2. The van der Waals surface area contributed by atoms with Crippen LogP contribution in [0.5, 0.6) is 0 Å². The van der Waals surface area contributed by atoms with Crippen molar-refractivity contribution in [2.24, 2.45) is 0 Å². The third kappa shape index (κ3) is 4.82. The van der Waals surface area contributed by atoms with E-state index in [1.807, 2.05) is 24.3 Å². The Kier molecular flexibility index (Phi) is 5.67. The highest BCUT2D eigenvalue weighted by Gasteiger charge is 2.27. The first-order valence-electron chi connectivity index (χ1n) is 9.16. The molecule has 1 aliphatic rings. The lowest BCUT2D eigenvalue weighted by atomic mass is 9.96. The van der Waals surface area contributed by atoms with Gasteiger partial charge < -0.3 is 5.32 Å². The number of nitrogens with zero attached hydrogens (tertiary/aromatic N) is 2. The zero-order chi connectivity index (χ0) is 18.8. The van der Waals surface area contributed by atoms with Crippen molar-refractivity contribution in [3.05, 3.63) is 35.7 Å². The summed E-state index contributed by atoms with van der Waals surface area (Å²) in [7, 11) is -3.09. The molecule has 0 amide bonds. The highest BCUT2D eigenvalue weighted by atomic mass is 32.2. The lowest BCUT2D eigenvalue weighted by Crippen LogP contribution is -2.25. The molecule has 1 saturated carbocycles. The van der Waals surface area contributed by atoms with Gasteiger partial charge in [-0.2, -0.15) is 4.37 Å². The number of rotatable bonds is 5. The van der Waals surface area contributed by atoms with Crippen LogP contribution in [-0.4, -0.2) is 23.0 Å². The Hall–Kier alpha value is -1.47. The van der Waals surface area contributed by atoms with E-state index >= 15 is 0 Å². The zero-order valence-corrected chi connectivity index (χ0v) is 17.3. The second-order valence-corrected chi connectivity index (χ2v) is 11.1. The smallest absolute Gasteiger partial charge is 0.207 e. The minimum absolute atomic E-state index is 0.0909. The van der Waals surface area contributed by atoms with Crippen LogP contribution in [0, 0.1) is 0 Å². The standard InChI is InChI=1S/C19H27N3O2S2/c1-19(2,3)17-21-18(25-22-17)20-15-9-7-8-14(12-15)13-26(23,24)16-10-5-4-6-11-16/h7-9,12,16H,4-6,10-11,13H2,1-3H3,(H,20,21,22). The van der Waals surface area contributed by atoms with Crippen molar-refractivity contribution >= 4 is 32.2 Å². The first-order chi connectivity index (χ1) is 12.2. The topological polar surface area (TPSA) is 72.0 Å². The molecule has 0 bridgehead atoms. The second-order valence-electron chi connectivity index (χ2n) is 8.07. The molecule has 1 aliphatic carbocycles. The van der Waals surface area contributed by atoms with E-state index in [0.29, 0.717) is 0 Å². The summed E-state index contributed by atoms with van der Waals surface area (Å²) in [6.07, 6.45) is 4.82. The number of aromatic nitrogens is 2. The molecule has 1 N–H and O–H groups in total. The summed E-state index contributed by atoms with van der Waals surface area (Å²) in [5.74, 6) is 0.914. The van der Waals surface area contributed by atoms with E-state index in [-0.39, 0.29) is 16.4 Å². The number of nitrogens with one attached hydrogen (secondary N) is 1. The minimum Gasteiger partial charge on any atom is -0.330 e. The van der Waals surface area contributed by atoms with E-state index in [1.54, 1.807) is 0 Å². The number of hydrogen-bond donors (Lipinski definition) is 1.